The van der Waals surface area contributed by atoms with Gasteiger partial charge in [-0.05, 0) is 41.4 Å². The van der Waals surface area contributed by atoms with Gasteiger partial charge in [0.2, 0.25) is 0 Å². The van der Waals surface area contributed by atoms with Crippen LogP contribution in [0.15, 0.2) is 18.2 Å². The summed E-state index contributed by atoms with van der Waals surface area (Å²) >= 11 is 0. The molecule has 19 heavy (non-hydrogen) atoms. The molecule has 1 aromatic carbocycles. The molecular weight excluding hydrogens is 232 g/mol. The average Bonchev–Trinajstić information content (AvgIpc) is 2.73. The molecule has 2 rings (SSSR count). The lowest BCUT2D eigenvalue weighted by Crippen LogP contribution is -2.21. The van der Waals surface area contributed by atoms with E-state index in [0.717, 1.165) is 12.3 Å². The van der Waals surface area contributed by atoms with Crippen molar-refractivity contribution in [3.63, 3.8) is 0 Å². The van der Waals surface area contributed by atoms with Gasteiger partial charge in [0.25, 0.3) is 0 Å². The van der Waals surface area contributed by atoms with E-state index in [2.05, 4.69) is 50.8 Å². The maximum atomic E-state index is 5.96. The second-order valence-electron chi connectivity index (χ2n) is 7.24. The molecule has 0 aliphatic carbocycles. The summed E-state index contributed by atoms with van der Waals surface area (Å²) in [5.74, 6) is 0.805. The van der Waals surface area contributed by atoms with Crippen molar-refractivity contribution in [3.8, 4) is 0 Å². The lowest BCUT2D eigenvalue weighted by molar-refractivity contribution is 0.411. The van der Waals surface area contributed by atoms with Crippen LogP contribution in [0.5, 0.6) is 0 Å². The second kappa shape index (κ2) is 5.54. The Bertz CT molecular complexity index is 431. The van der Waals surface area contributed by atoms with Crippen molar-refractivity contribution in [1.82, 2.24) is 0 Å². The fourth-order valence-electron chi connectivity index (χ4n) is 2.99. The van der Waals surface area contributed by atoms with Crippen LogP contribution in [0.3, 0.4) is 0 Å². The van der Waals surface area contributed by atoms with Crippen molar-refractivity contribution >= 4 is 5.69 Å². The highest BCUT2D eigenvalue weighted by atomic mass is 15.2. The van der Waals surface area contributed by atoms with Crippen molar-refractivity contribution in [2.24, 2.45) is 17.1 Å². The van der Waals surface area contributed by atoms with E-state index in [1.165, 1.54) is 36.3 Å². The van der Waals surface area contributed by atoms with Gasteiger partial charge in [-0.15, -0.1) is 0 Å². The van der Waals surface area contributed by atoms with Crippen LogP contribution in [0.2, 0.25) is 0 Å². The Kier molecular flexibility index (Phi) is 4.19. The quantitative estimate of drug-likeness (QED) is 0.900. The van der Waals surface area contributed by atoms with Gasteiger partial charge in [0.05, 0.1) is 0 Å². The van der Waals surface area contributed by atoms with Crippen LogP contribution in [-0.4, -0.2) is 13.1 Å². The fraction of sp³-hybridized carbons (Fsp3) is 0.647. The van der Waals surface area contributed by atoms with E-state index in [1.807, 2.05) is 0 Å². The van der Waals surface area contributed by atoms with E-state index >= 15 is 0 Å². The van der Waals surface area contributed by atoms with E-state index in [9.17, 15) is 0 Å². The van der Waals surface area contributed by atoms with Gasteiger partial charge in [-0.25, -0.2) is 0 Å². The van der Waals surface area contributed by atoms with Gasteiger partial charge < -0.3 is 10.6 Å². The largest absolute Gasteiger partial charge is 0.371 e. The van der Waals surface area contributed by atoms with Crippen molar-refractivity contribution in [2.75, 3.05) is 18.0 Å². The Labute approximate surface area is 118 Å². The normalized spacial score (nSPS) is 20.1. The van der Waals surface area contributed by atoms with E-state index in [-0.39, 0.29) is 0 Å². The molecule has 1 aliphatic heterocycles. The lowest BCUT2D eigenvalue weighted by Gasteiger charge is -2.24. The average molecular weight is 260 g/mol. The van der Waals surface area contributed by atoms with Gasteiger partial charge in [0.1, 0.15) is 0 Å². The van der Waals surface area contributed by atoms with Gasteiger partial charge in [0.15, 0.2) is 0 Å². The molecule has 0 radical (unpaired) electrons. The van der Waals surface area contributed by atoms with Crippen LogP contribution in [0.4, 0.5) is 5.69 Å². The number of nitrogens with zero attached hydrogens (tertiary/aromatic N) is 1. The zero-order chi connectivity index (χ0) is 14.0. The summed E-state index contributed by atoms with van der Waals surface area (Å²) in [6.07, 6.45) is 2.41. The molecular formula is C17H28N2. The molecule has 2 nitrogen and oxygen atoms in total. The van der Waals surface area contributed by atoms with Gasteiger partial charge >= 0.3 is 0 Å². The Hall–Kier alpha value is -1.02. The van der Waals surface area contributed by atoms with Gasteiger partial charge in [-0.1, -0.05) is 39.8 Å². The maximum Gasteiger partial charge on any atom is 0.0412 e. The molecule has 106 valence electrons. The highest BCUT2D eigenvalue weighted by Crippen LogP contribution is 2.29. The molecule has 1 heterocycles. The molecule has 0 amide bonds. The Morgan fingerprint density at radius 3 is 2.58 bits per heavy atom. The van der Waals surface area contributed by atoms with Crippen LogP contribution >= 0.6 is 0 Å². The fourth-order valence-corrected chi connectivity index (χ4v) is 2.99. The number of rotatable bonds is 3. The van der Waals surface area contributed by atoms with Crippen molar-refractivity contribution in [2.45, 2.75) is 47.1 Å². The third kappa shape index (κ3) is 3.73. The summed E-state index contributed by atoms with van der Waals surface area (Å²) in [5, 5.41) is 0. The van der Waals surface area contributed by atoms with E-state index in [0.29, 0.717) is 12.0 Å². The number of benzene rings is 1. The third-order valence-electron chi connectivity index (χ3n) is 3.86. The zero-order valence-corrected chi connectivity index (χ0v) is 12.9. The second-order valence-corrected chi connectivity index (χ2v) is 7.24. The first-order valence-electron chi connectivity index (χ1n) is 7.46. The minimum atomic E-state index is 0.329. The van der Waals surface area contributed by atoms with Crippen molar-refractivity contribution < 1.29 is 0 Å². The highest BCUT2D eigenvalue weighted by molar-refractivity contribution is 5.56. The standard InChI is InChI=1S/C17H28N2/c1-13-7-8-19(12-13)16-6-5-14(9-15(16)11-18)10-17(2,3)4/h5-6,9,13H,7-8,10-12,18H2,1-4H3. The van der Waals surface area contributed by atoms with E-state index in [4.69, 9.17) is 5.73 Å². The number of hydrogen-bond donors (Lipinski definition) is 1. The first-order chi connectivity index (χ1) is 8.89. The summed E-state index contributed by atoms with van der Waals surface area (Å²) in [6, 6.07) is 6.87. The molecule has 1 atom stereocenters. The predicted molar refractivity (Wildman–Crippen MR) is 83.5 cm³/mol. The molecule has 1 aliphatic rings. The summed E-state index contributed by atoms with van der Waals surface area (Å²) in [6.45, 7) is 12.2. The summed E-state index contributed by atoms with van der Waals surface area (Å²) in [5.41, 5.74) is 10.3. The molecule has 0 saturated carbocycles. The molecule has 0 bridgehead atoms. The number of nitrogens with two attached hydrogens (primary N) is 1. The van der Waals surface area contributed by atoms with E-state index < -0.39 is 0 Å². The molecule has 0 spiro atoms. The molecule has 1 saturated heterocycles. The summed E-state index contributed by atoms with van der Waals surface area (Å²) in [7, 11) is 0. The summed E-state index contributed by atoms with van der Waals surface area (Å²) < 4.78 is 0. The van der Waals surface area contributed by atoms with Gasteiger partial charge in [-0.2, -0.15) is 0 Å². The molecule has 2 heteroatoms. The highest BCUT2D eigenvalue weighted by Gasteiger charge is 2.21. The lowest BCUT2D eigenvalue weighted by atomic mass is 9.87. The Morgan fingerprint density at radius 2 is 2.05 bits per heavy atom. The Balaban J connectivity index is 2.21. The zero-order valence-electron chi connectivity index (χ0n) is 12.9. The van der Waals surface area contributed by atoms with Gasteiger partial charge in [-0.3, -0.25) is 0 Å². The van der Waals surface area contributed by atoms with E-state index in [1.54, 1.807) is 0 Å². The molecule has 1 aromatic rings. The smallest absolute Gasteiger partial charge is 0.0412 e. The molecule has 1 fully saturated rings. The Morgan fingerprint density at radius 1 is 1.32 bits per heavy atom. The first-order valence-corrected chi connectivity index (χ1v) is 7.46. The monoisotopic (exact) mass is 260 g/mol. The van der Waals surface area contributed by atoms with Crippen LogP contribution < -0.4 is 10.6 Å². The predicted octanol–water partition coefficient (Wildman–Crippen LogP) is 3.58. The molecule has 1 unspecified atom stereocenters. The molecule has 0 aromatic heterocycles. The van der Waals surface area contributed by atoms with Gasteiger partial charge in [0, 0.05) is 25.3 Å². The van der Waals surface area contributed by atoms with Crippen LogP contribution in [0.25, 0.3) is 0 Å². The summed E-state index contributed by atoms with van der Waals surface area (Å²) in [4.78, 5) is 2.49. The molecule has 2 N–H and O–H groups in total. The van der Waals surface area contributed by atoms with Crippen molar-refractivity contribution in [3.05, 3.63) is 29.3 Å². The van der Waals surface area contributed by atoms with Crippen molar-refractivity contribution in [1.29, 1.82) is 0 Å². The van der Waals surface area contributed by atoms with Crippen LogP contribution in [0, 0.1) is 11.3 Å². The topological polar surface area (TPSA) is 29.3 Å². The number of hydrogen-bond acceptors (Lipinski definition) is 2. The van der Waals surface area contributed by atoms with Crippen LogP contribution in [0.1, 0.15) is 45.2 Å². The SMILES string of the molecule is CC1CCN(c2ccc(CC(C)(C)C)cc2CN)C1. The minimum absolute atomic E-state index is 0.329. The van der Waals surface area contributed by atoms with Crippen LogP contribution in [-0.2, 0) is 13.0 Å². The number of anilines is 1. The minimum Gasteiger partial charge on any atom is -0.371 e. The maximum absolute atomic E-state index is 5.96. The third-order valence-corrected chi connectivity index (χ3v) is 3.86. The first kappa shape index (κ1) is 14.4.